The lowest BCUT2D eigenvalue weighted by molar-refractivity contribution is 0.0113. The van der Waals surface area contributed by atoms with E-state index in [1.807, 2.05) is 6.92 Å². The van der Waals surface area contributed by atoms with Gasteiger partial charge in [0.25, 0.3) is 0 Å². The van der Waals surface area contributed by atoms with Crippen LogP contribution in [0.1, 0.15) is 77.9 Å². The number of hydrogen-bond donors (Lipinski definition) is 2. The summed E-state index contributed by atoms with van der Waals surface area (Å²) in [5.74, 6) is 2.32. The third-order valence-electron chi connectivity index (χ3n) is 5.15. The Morgan fingerprint density at radius 3 is 2.43 bits per heavy atom. The van der Waals surface area contributed by atoms with E-state index in [1.54, 1.807) is 0 Å². The highest BCUT2D eigenvalue weighted by atomic mass is 16.5. The van der Waals surface area contributed by atoms with Gasteiger partial charge in [0.05, 0.1) is 6.10 Å². The van der Waals surface area contributed by atoms with Crippen LogP contribution < -0.4 is 5.32 Å². The van der Waals surface area contributed by atoms with Gasteiger partial charge in [0, 0.05) is 30.3 Å². The normalized spacial score (nSPS) is 24.1. The third-order valence-corrected chi connectivity index (χ3v) is 5.15. The molecule has 132 valence electrons. The molecule has 1 fully saturated rings. The third kappa shape index (κ3) is 4.77. The summed E-state index contributed by atoms with van der Waals surface area (Å²) < 4.78 is 5.39. The second-order valence-electron chi connectivity index (χ2n) is 8.01. The summed E-state index contributed by atoms with van der Waals surface area (Å²) >= 11 is 0. The topological polar surface area (TPSA) is 71.2 Å². The summed E-state index contributed by atoms with van der Waals surface area (Å²) in [6.45, 7) is 11.3. The van der Waals surface area contributed by atoms with Crippen molar-refractivity contribution < 1.29 is 9.63 Å². The molecular formula is C18H33N3O2. The smallest absolute Gasteiger partial charge is 0.229 e. The molecule has 1 saturated carbocycles. The van der Waals surface area contributed by atoms with Crippen molar-refractivity contribution in [2.24, 2.45) is 11.3 Å². The van der Waals surface area contributed by atoms with Gasteiger partial charge in [-0.15, -0.1) is 0 Å². The van der Waals surface area contributed by atoms with E-state index in [9.17, 15) is 5.11 Å². The second-order valence-corrected chi connectivity index (χ2v) is 8.01. The van der Waals surface area contributed by atoms with Gasteiger partial charge in [-0.1, -0.05) is 39.8 Å². The predicted molar refractivity (Wildman–Crippen MR) is 91.3 cm³/mol. The fourth-order valence-electron chi connectivity index (χ4n) is 3.54. The molecule has 1 aliphatic rings. The first-order chi connectivity index (χ1) is 10.8. The Morgan fingerprint density at radius 1 is 1.26 bits per heavy atom. The molecule has 0 aliphatic heterocycles. The summed E-state index contributed by atoms with van der Waals surface area (Å²) in [4.78, 5) is 4.47. The average Bonchev–Trinajstić information content (AvgIpc) is 3.01. The van der Waals surface area contributed by atoms with Crippen LogP contribution in [0.5, 0.6) is 0 Å². The quantitative estimate of drug-likeness (QED) is 0.805. The molecular weight excluding hydrogens is 290 g/mol. The summed E-state index contributed by atoms with van der Waals surface area (Å²) in [7, 11) is 0. The van der Waals surface area contributed by atoms with E-state index in [4.69, 9.17) is 4.52 Å². The minimum atomic E-state index is -0.280. The minimum absolute atomic E-state index is 0.104. The Morgan fingerprint density at radius 2 is 1.91 bits per heavy atom. The molecule has 0 aromatic carbocycles. The number of aromatic nitrogens is 2. The van der Waals surface area contributed by atoms with Crippen LogP contribution >= 0.6 is 0 Å². The molecule has 1 aliphatic carbocycles. The molecule has 0 radical (unpaired) electrons. The van der Waals surface area contributed by atoms with Crippen molar-refractivity contribution in [3.63, 3.8) is 0 Å². The molecule has 0 amide bonds. The van der Waals surface area contributed by atoms with Gasteiger partial charge in [-0.25, -0.2) is 0 Å². The average molecular weight is 323 g/mol. The molecule has 1 atom stereocenters. The van der Waals surface area contributed by atoms with Crippen molar-refractivity contribution >= 4 is 0 Å². The Bertz CT molecular complexity index is 476. The van der Waals surface area contributed by atoms with E-state index in [0.717, 1.165) is 50.4 Å². The highest BCUT2D eigenvalue weighted by Crippen LogP contribution is 2.33. The zero-order chi connectivity index (χ0) is 17.0. The highest BCUT2D eigenvalue weighted by molar-refractivity contribution is 4.97. The molecule has 1 aromatic rings. The molecule has 2 N–H and O–H groups in total. The SMILES string of the molecule is CCc1noc(C2CCC(NCC(C)(C)C(O)C(C)C)CC2)n1. The standard InChI is InChI=1S/C18H33N3O2/c1-6-15-20-17(23-21-15)13-7-9-14(10-8-13)19-11-18(4,5)16(22)12(2)3/h12-14,16,19,22H,6-11H2,1-5H3. The fourth-order valence-corrected chi connectivity index (χ4v) is 3.54. The Labute approximate surface area is 140 Å². The van der Waals surface area contributed by atoms with E-state index in [1.165, 1.54) is 0 Å². The summed E-state index contributed by atoms with van der Waals surface area (Å²) in [5.41, 5.74) is -0.104. The first-order valence-electron chi connectivity index (χ1n) is 9.07. The minimum Gasteiger partial charge on any atom is -0.392 e. The second kappa shape index (κ2) is 7.75. The Kier molecular flexibility index (Phi) is 6.20. The number of nitrogens with one attached hydrogen (secondary N) is 1. The van der Waals surface area contributed by atoms with Gasteiger partial charge in [0.1, 0.15) is 0 Å². The lowest BCUT2D eigenvalue weighted by Crippen LogP contribution is -2.45. The zero-order valence-electron chi connectivity index (χ0n) is 15.3. The van der Waals surface area contributed by atoms with Gasteiger partial charge in [-0.2, -0.15) is 4.98 Å². The zero-order valence-corrected chi connectivity index (χ0v) is 15.3. The number of nitrogens with zero attached hydrogens (tertiary/aromatic N) is 2. The largest absolute Gasteiger partial charge is 0.392 e. The van der Waals surface area contributed by atoms with Crippen molar-refractivity contribution in [2.75, 3.05) is 6.54 Å². The molecule has 0 bridgehead atoms. The van der Waals surface area contributed by atoms with Gasteiger partial charge in [-0.05, 0) is 31.6 Å². The Balaban J connectivity index is 1.78. The van der Waals surface area contributed by atoms with Crippen LogP contribution in [0.4, 0.5) is 0 Å². The molecule has 1 heterocycles. The number of aliphatic hydroxyl groups excluding tert-OH is 1. The number of hydrogen-bond acceptors (Lipinski definition) is 5. The number of aryl methyl sites for hydroxylation is 1. The molecule has 0 spiro atoms. The van der Waals surface area contributed by atoms with Crippen molar-refractivity contribution in [1.29, 1.82) is 0 Å². The molecule has 23 heavy (non-hydrogen) atoms. The highest BCUT2D eigenvalue weighted by Gasteiger charge is 2.32. The van der Waals surface area contributed by atoms with Crippen LogP contribution in [-0.4, -0.2) is 33.9 Å². The van der Waals surface area contributed by atoms with Crippen molar-refractivity contribution in [2.45, 2.75) is 84.8 Å². The van der Waals surface area contributed by atoms with E-state index < -0.39 is 0 Å². The van der Waals surface area contributed by atoms with Crippen molar-refractivity contribution in [1.82, 2.24) is 15.5 Å². The van der Waals surface area contributed by atoms with Crippen LogP contribution in [0.2, 0.25) is 0 Å². The lowest BCUT2D eigenvalue weighted by atomic mass is 9.79. The molecule has 5 heteroatoms. The predicted octanol–water partition coefficient (Wildman–Crippen LogP) is 3.29. The van der Waals surface area contributed by atoms with Crippen LogP contribution in [0.15, 0.2) is 4.52 Å². The van der Waals surface area contributed by atoms with Crippen LogP contribution in [-0.2, 0) is 6.42 Å². The molecule has 0 saturated heterocycles. The number of aliphatic hydroxyl groups is 1. The van der Waals surface area contributed by atoms with Gasteiger partial charge in [0.15, 0.2) is 5.82 Å². The maximum absolute atomic E-state index is 10.3. The lowest BCUT2D eigenvalue weighted by Gasteiger charge is -2.36. The molecule has 5 nitrogen and oxygen atoms in total. The fraction of sp³-hybridized carbons (Fsp3) is 0.889. The maximum atomic E-state index is 10.3. The van der Waals surface area contributed by atoms with Gasteiger partial charge in [0.2, 0.25) is 5.89 Å². The first kappa shape index (κ1) is 18.4. The maximum Gasteiger partial charge on any atom is 0.229 e. The Hall–Kier alpha value is -0.940. The molecule has 1 aromatic heterocycles. The van der Waals surface area contributed by atoms with Gasteiger partial charge >= 0.3 is 0 Å². The monoisotopic (exact) mass is 323 g/mol. The van der Waals surface area contributed by atoms with Crippen molar-refractivity contribution in [3.05, 3.63) is 11.7 Å². The van der Waals surface area contributed by atoms with Crippen LogP contribution in [0.25, 0.3) is 0 Å². The van der Waals surface area contributed by atoms with Crippen molar-refractivity contribution in [3.8, 4) is 0 Å². The van der Waals surface area contributed by atoms with Gasteiger partial charge in [-0.3, -0.25) is 0 Å². The van der Waals surface area contributed by atoms with E-state index in [-0.39, 0.29) is 17.4 Å². The van der Waals surface area contributed by atoms with E-state index >= 15 is 0 Å². The van der Waals surface area contributed by atoms with Crippen LogP contribution in [0, 0.1) is 11.3 Å². The summed E-state index contributed by atoms with van der Waals surface area (Å²) in [6, 6.07) is 0.526. The number of rotatable bonds is 7. The summed E-state index contributed by atoms with van der Waals surface area (Å²) in [6.07, 6.45) is 4.99. The van der Waals surface area contributed by atoms with Crippen LogP contribution in [0.3, 0.4) is 0 Å². The first-order valence-corrected chi connectivity index (χ1v) is 9.07. The summed E-state index contributed by atoms with van der Waals surface area (Å²) in [5, 5.41) is 18.0. The molecule has 2 rings (SSSR count). The van der Waals surface area contributed by atoms with E-state index in [2.05, 4.69) is 43.2 Å². The van der Waals surface area contributed by atoms with Gasteiger partial charge < -0.3 is 14.9 Å². The van der Waals surface area contributed by atoms with E-state index in [0.29, 0.717) is 12.0 Å². The molecule has 1 unspecified atom stereocenters.